The highest BCUT2D eigenvalue weighted by Gasteiger charge is 2.27. The molecule has 0 aliphatic rings. The maximum absolute atomic E-state index is 12.5. The number of aryl methyl sites for hydroxylation is 3. The van der Waals surface area contributed by atoms with Crippen molar-refractivity contribution in [3.05, 3.63) is 74.7 Å². The molecule has 0 unspecified atom stereocenters. The lowest BCUT2D eigenvalue weighted by Gasteiger charge is -2.28. The molecule has 0 heterocycles. The highest BCUT2D eigenvalue weighted by atomic mass is 32.1. The van der Waals surface area contributed by atoms with Crippen LogP contribution in [0.5, 0.6) is 0 Å². The molecule has 172 valence electrons. The van der Waals surface area contributed by atoms with Crippen LogP contribution in [-0.4, -0.2) is 22.6 Å². The van der Waals surface area contributed by atoms with Gasteiger partial charge >= 0.3 is 11.9 Å². The summed E-state index contributed by atoms with van der Waals surface area (Å²) in [5.41, 5.74) is 5.11. The fourth-order valence-corrected chi connectivity index (χ4v) is 3.98. The molecule has 2 rings (SSSR count). The van der Waals surface area contributed by atoms with E-state index in [1.807, 2.05) is 33.8 Å². The van der Waals surface area contributed by atoms with Crippen LogP contribution < -0.4 is 0 Å². The zero-order valence-corrected chi connectivity index (χ0v) is 21.2. The minimum atomic E-state index is -1.08. The molecule has 0 aromatic heterocycles. The molecule has 0 saturated carbocycles. The van der Waals surface area contributed by atoms with Crippen molar-refractivity contribution in [1.29, 1.82) is 0 Å². The Bertz CT molecular complexity index is 1050. The van der Waals surface area contributed by atoms with Crippen molar-refractivity contribution < 1.29 is 19.4 Å². The summed E-state index contributed by atoms with van der Waals surface area (Å²) in [6.45, 7) is 15.6. The molecule has 1 N–H and O–H groups in total. The third-order valence-corrected chi connectivity index (χ3v) is 5.77. The van der Waals surface area contributed by atoms with Gasteiger partial charge in [0.2, 0.25) is 0 Å². The van der Waals surface area contributed by atoms with E-state index in [0.717, 1.165) is 16.7 Å². The Balaban J connectivity index is 2.51. The van der Waals surface area contributed by atoms with Crippen molar-refractivity contribution in [3.63, 3.8) is 0 Å². The van der Waals surface area contributed by atoms with Crippen LogP contribution in [0.3, 0.4) is 0 Å². The highest BCUT2D eigenvalue weighted by Crippen LogP contribution is 2.38. The Morgan fingerprint density at radius 3 is 1.97 bits per heavy atom. The number of benzene rings is 2. The molecule has 5 heteroatoms. The number of rotatable bonds is 6. The number of carbonyl (C=O) groups excluding carboxylic acids is 1. The Morgan fingerprint density at radius 1 is 0.938 bits per heavy atom. The van der Waals surface area contributed by atoms with Gasteiger partial charge in [0.1, 0.15) is 5.60 Å². The third-order valence-electron chi connectivity index (χ3n) is 5.30. The summed E-state index contributed by atoms with van der Waals surface area (Å²) in [7, 11) is 0. The third kappa shape index (κ3) is 6.49. The van der Waals surface area contributed by atoms with E-state index in [1.54, 1.807) is 12.1 Å². The number of ether oxygens (including phenoxy) is 1. The predicted octanol–water partition coefficient (Wildman–Crippen LogP) is 6.66. The minimum Gasteiger partial charge on any atom is -0.477 e. The second-order valence-electron chi connectivity index (χ2n) is 10.1. The number of hydrogen-bond donors (Lipinski definition) is 2. The summed E-state index contributed by atoms with van der Waals surface area (Å²) in [4.78, 5) is 24.4. The Morgan fingerprint density at radius 2 is 1.50 bits per heavy atom. The van der Waals surface area contributed by atoms with Gasteiger partial charge in [0.25, 0.3) is 0 Å². The van der Waals surface area contributed by atoms with Gasteiger partial charge < -0.3 is 9.84 Å². The Kier molecular flexibility index (Phi) is 7.67. The summed E-state index contributed by atoms with van der Waals surface area (Å²) < 4.78 is 5.49. The van der Waals surface area contributed by atoms with E-state index in [-0.39, 0.29) is 10.3 Å². The second-order valence-corrected chi connectivity index (χ2v) is 10.5. The summed E-state index contributed by atoms with van der Waals surface area (Å²) in [6, 6.07) is 11.7. The van der Waals surface area contributed by atoms with Gasteiger partial charge in [-0.05, 0) is 81.7 Å². The SMILES string of the molecule is Cc1cc(C)cc(C(C)(C)C/C(=C(\S)C(=O)O)c2ccc(C(=O)OC(C)(C)C)c(C)c2)c1. The van der Waals surface area contributed by atoms with Crippen molar-refractivity contribution in [1.82, 2.24) is 0 Å². The van der Waals surface area contributed by atoms with Gasteiger partial charge in [-0.2, -0.15) is 0 Å². The van der Waals surface area contributed by atoms with Crippen molar-refractivity contribution in [3.8, 4) is 0 Å². The van der Waals surface area contributed by atoms with Crippen LogP contribution in [0.25, 0.3) is 5.57 Å². The monoisotopic (exact) mass is 454 g/mol. The second kappa shape index (κ2) is 9.53. The van der Waals surface area contributed by atoms with Crippen molar-refractivity contribution >= 4 is 30.1 Å². The molecule has 0 amide bonds. The average Bonchev–Trinajstić information content (AvgIpc) is 2.63. The van der Waals surface area contributed by atoms with E-state index in [2.05, 4.69) is 58.5 Å². The molecule has 0 aliphatic carbocycles. The van der Waals surface area contributed by atoms with E-state index in [4.69, 9.17) is 4.74 Å². The van der Waals surface area contributed by atoms with Crippen LogP contribution in [0.4, 0.5) is 0 Å². The first kappa shape index (κ1) is 25.7. The van der Waals surface area contributed by atoms with E-state index < -0.39 is 17.5 Å². The van der Waals surface area contributed by atoms with Crippen molar-refractivity contribution in [2.24, 2.45) is 0 Å². The van der Waals surface area contributed by atoms with Gasteiger partial charge in [0.05, 0.1) is 10.5 Å². The first-order chi connectivity index (χ1) is 14.6. The highest BCUT2D eigenvalue weighted by molar-refractivity contribution is 7.85. The predicted molar refractivity (Wildman–Crippen MR) is 133 cm³/mol. The van der Waals surface area contributed by atoms with Gasteiger partial charge in [0.15, 0.2) is 0 Å². The number of esters is 1. The normalized spacial score (nSPS) is 12.9. The zero-order chi connectivity index (χ0) is 24.4. The van der Waals surface area contributed by atoms with Crippen molar-refractivity contribution in [2.45, 2.75) is 72.8 Å². The first-order valence-corrected chi connectivity index (χ1v) is 11.1. The molecule has 0 aliphatic heterocycles. The number of aliphatic carboxylic acids is 1. The molecule has 0 fully saturated rings. The average molecular weight is 455 g/mol. The minimum absolute atomic E-state index is 0.00636. The van der Waals surface area contributed by atoms with Gasteiger partial charge in [-0.15, -0.1) is 12.6 Å². The maximum atomic E-state index is 12.5. The largest absolute Gasteiger partial charge is 0.477 e. The summed E-state index contributed by atoms with van der Waals surface area (Å²) in [6.07, 6.45) is 0.478. The fraction of sp³-hybridized carbons (Fsp3) is 0.407. The zero-order valence-electron chi connectivity index (χ0n) is 20.3. The van der Waals surface area contributed by atoms with Gasteiger partial charge in [-0.1, -0.05) is 55.3 Å². The van der Waals surface area contributed by atoms with Crippen LogP contribution >= 0.6 is 12.6 Å². The molecule has 2 aromatic rings. The van der Waals surface area contributed by atoms with Crippen LogP contribution in [0.15, 0.2) is 41.3 Å². The molecule has 4 nitrogen and oxygen atoms in total. The number of carbonyl (C=O) groups is 2. The topological polar surface area (TPSA) is 63.6 Å². The van der Waals surface area contributed by atoms with Gasteiger partial charge in [-0.3, -0.25) is 0 Å². The fourth-order valence-electron chi connectivity index (χ4n) is 3.77. The van der Waals surface area contributed by atoms with Gasteiger partial charge in [-0.25, -0.2) is 9.59 Å². The smallest absolute Gasteiger partial charge is 0.342 e. The standard InChI is InChI=1S/C27H34O4S/c1-16-11-17(2)13-20(12-16)27(7,8)15-22(23(32)24(28)29)19-9-10-21(18(3)14-19)25(30)31-26(4,5)6/h9-14,32H,15H2,1-8H3,(H,28,29)/b23-22+. The lowest BCUT2D eigenvalue weighted by Crippen LogP contribution is -2.24. The number of carboxylic acids is 1. The molecule has 32 heavy (non-hydrogen) atoms. The molecular formula is C27H34O4S. The summed E-state index contributed by atoms with van der Waals surface area (Å²) in [5.74, 6) is -1.47. The quantitative estimate of drug-likeness (QED) is 0.291. The van der Waals surface area contributed by atoms with E-state index in [1.165, 1.54) is 11.1 Å². The number of carboxylic acid groups (broad SMARTS) is 1. The lowest BCUT2D eigenvalue weighted by molar-refractivity contribution is -0.131. The van der Waals surface area contributed by atoms with E-state index in [9.17, 15) is 14.7 Å². The van der Waals surface area contributed by atoms with Crippen molar-refractivity contribution in [2.75, 3.05) is 0 Å². The van der Waals surface area contributed by atoms with Gasteiger partial charge in [0, 0.05) is 0 Å². The maximum Gasteiger partial charge on any atom is 0.342 e. The van der Waals surface area contributed by atoms with E-state index >= 15 is 0 Å². The molecule has 0 bridgehead atoms. The van der Waals surface area contributed by atoms with Crippen LogP contribution in [0, 0.1) is 20.8 Å². The Hall–Kier alpha value is -2.53. The summed E-state index contributed by atoms with van der Waals surface area (Å²) >= 11 is 4.34. The van der Waals surface area contributed by atoms with Crippen LogP contribution in [0.2, 0.25) is 0 Å². The molecular weight excluding hydrogens is 420 g/mol. The number of allylic oxidation sites excluding steroid dienone is 1. The first-order valence-electron chi connectivity index (χ1n) is 10.7. The van der Waals surface area contributed by atoms with Crippen LogP contribution in [0.1, 0.15) is 79.2 Å². The molecule has 0 radical (unpaired) electrons. The Labute approximate surface area is 197 Å². The number of hydrogen-bond acceptors (Lipinski definition) is 4. The van der Waals surface area contributed by atoms with Crippen LogP contribution in [-0.2, 0) is 14.9 Å². The number of thiol groups is 1. The molecule has 0 atom stereocenters. The molecule has 0 spiro atoms. The van der Waals surface area contributed by atoms with E-state index in [0.29, 0.717) is 17.6 Å². The molecule has 2 aromatic carbocycles. The molecule has 0 saturated heterocycles. The lowest BCUT2D eigenvalue weighted by atomic mass is 9.76. The summed E-state index contributed by atoms with van der Waals surface area (Å²) in [5, 5.41) is 9.70.